The van der Waals surface area contributed by atoms with Gasteiger partial charge in [-0.05, 0) is 24.5 Å². The number of fused-ring (bicyclic) bond motifs is 1. The Balaban J connectivity index is 1.31. The summed E-state index contributed by atoms with van der Waals surface area (Å²) in [6.07, 6.45) is 1.17. The van der Waals surface area contributed by atoms with Crippen LogP contribution in [0.1, 0.15) is 23.7 Å². The van der Waals surface area contributed by atoms with Crippen LogP contribution in [0.15, 0.2) is 30.3 Å². The van der Waals surface area contributed by atoms with Gasteiger partial charge >= 0.3 is 0 Å². The Kier molecular flexibility index (Phi) is 4.04. The van der Waals surface area contributed by atoms with Gasteiger partial charge in [0.1, 0.15) is 0 Å². The lowest BCUT2D eigenvalue weighted by atomic mass is 9.93. The second-order valence-electron chi connectivity index (χ2n) is 7.43. The summed E-state index contributed by atoms with van der Waals surface area (Å²) in [4.78, 5) is 26.6. The van der Waals surface area contributed by atoms with E-state index in [9.17, 15) is 9.59 Å². The highest BCUT2D eigenvalue weighted by Gasteiger charge is 2.49. The van der Waals surface area contributed by atoms with Crippen molar-refractivity contribution in [2.24, 2.45) is 23.7 Å². The average Bonchev–Trinajstić information content (AvgIpc) is 3.02. The molecular formula is C19H24N2O3. The second kappa shape index (κ2) is 6.20. The van der Waals surface area contributed by atoms with E-state index in [4.69, 9.17) is 4.74 Å². The summed E-state index contributed by atoms with van der Waals surface area (Å²) in [5.74, 6) is 1.67. The smallest absolute Gasteiger partial charge is 0.251 e. The minimum Gasteiger partial charge on any atom is -0.376 e. The van der Waals surface area contributed by atoms with Crippen LogP contribution in [-0.2, 0) is 9.53 Å². The maximum atomic E-state index is 12.4. The molecule has 0 aromatic heterocycles. The number of likely N-dealkylation sites (tertiary alicyclic amines) is 1. The van der Waals surface area contributed by atoms with Crippen LogP contribution in [0.25, 0.3) is 0 Å². The van der Waals surface area contributed by atoms with Gasteiger partial charge in [-0.1, -0.05) is 25.1 Å². The van der Waals surface area contributed by atoms with E-state index in [1.165, 1.54) is 0 Å². The van der Waals surface area contributed by atoms with Crippen LogP contribution < -0.4 is 5.32 Å². The fourth-order valence-corrected chi connectivity index (χ4v) is 4.01. The van der Waals surface area contributed by atoms with Crippen molar-refractivity contribution >= 4 is 11.8 Å². The van der Waals surface area contributed by atoms with Crippen LogP contribution in [-0.4, -0.2) is 49.1 Å². The van der Waals surface area contributed by atoms with Crippen molar-refractivity contribution in [3.8, 4) is 0 Å². The Morgan fingerprint density at radius 2 is 2.00 bits per heavy atom. The van der Waals surface area contributed by atoms with Gasteiger partial charge in [0.05, 0.1) is 12.7 Å². The molecule has 0 radical (unpaired) electrons. The van der Waals surface area contributed by atoms with E-state index < -0.39 is 0 Å². The molecule has 1 aliphatic carbocycles. The van der Waals surface area contributed by atoms with Crippen molar-refractivity contribution in [2.75, 3.05) is 26.2 Å². The molecule has 0 bridgehead atoms. The van der Waals surface area contributed by atoms with E-state index in [1.54, 1.807) is 0 Å². The van der Waals surface area contributed by atoms with Crippen molar-refractivity contribution in [3.63, 3.8) is 0 Å². The average molecular weight is 328 g/mol. The molecule has 4 rings (SSSR count). The summed E-state index contributed by atoms with van der Waals surface area (Å²) in [5, 5.41) is 3.02. The number of nitrogens with zero attached hydrogens (tertiary/aromatic N) is 1. The number of carbonyl (C=O) groups is 2. The number of carbonyl (C=O) groups excluding carboxylic acids is 2. The summed E-state index contributed by atoms with van der Waals surface area (Å²) in [5.41, 5.74) is 0.680. The first-order chi connectivity index (χ1) is 11.6. The molecule has 128 valence electrons. The molecule has 1 aromatic rings. The van der Waals surface area contributed by atoms with Crippen LogP contribution in [0.2, 0.25) is 0 Å². The predicted octanol–water partition coefficient (Wildman–Crippen LogP) is 1.55. The number of benzene rings is 1. The zero-order valence-electron chi connectivity index (χ0n) is 14.0. The molecule has 2 heterocycles. The summed E-state index contributed by atoms with van der Waals surface area (Å²) in [6, 6.07) is 9.26. The lowest BCUT2D eigenvalue weighted by molar-refractivity contribution is -0.132. The summed E-state index contributed by atoms with van der Waals surface area (Å²) in [6.45, 7) is 4.91. The van der Waals surface area contributed by atoms with Gasteiger partial charge in [0.2, 0.25) is 5.91 Å². The van der Waals surface area contributed by atoms with Gasteiger partial charge in [0, 0.05) is 43.0 Å². The number of hydrogen-bond donors (Lipinski definition) is 1. The number of hydrogen-bond acceptors (Lipinski definition) is 3. The minimum absolute atomic E-state index is 0.0446. The van der Waals surface area contributed by atoms with Crippen LogP contribution in [0, 0.1) is 23.7 Å². The Bertz CT molecular complexity index is 633. The second-order valence-corrected chi connectivity index (χ2v) is 7.43. The van der Waals surface area contributed by atoms with Crippen molar-refractivity contribution in [1.29, 1.82) is 0 Å². The molecule has 0 unspecified atom stereocenters. The molecule has 1 N–H and O–H groups in total. The monoisotopic (exact) mass is 328 g/mol. The zero-order valence-corrected chi connectivity index (χ0v) is 14.0. The molecular weight excluding hydrogens is 304 g/mol. The molecule has 5 atom stereocenters. The van der Waals surface area contributed by atoms with Gasteiger partial charge in [0.15, 0.2) is 0 Å². The van der Waals surface area contributed by atoms with E-state index in [0.29, 0.717) is 36.5 Å². The number of ether oxygens (including phenoxy) is 1. The van der Waals surface area contributed by atoms with Crippen molar-refractivity contribution in [2.45, 2.75) is 19.4 Å². The summed E-state index contributed by atoms with van der Waals surface area (Å²) >= 11 is 0. The first-order valence-electron chi connectivity index (χ1n) is 8.87. The first kappa shape index (κ1) is 15.6. The topological polar surface area (TPSA) is 58.6 Å². The Morgan fingerprint density at radius 3 is 2.71 bits per heavy atom. The van der Waals surface area contributed by atoms with E-state index in [1.807, 2.05) is 35.2 Å². The van der Waals surface area contributed by atoms with Crippen molar-refractivity contribution in [3.05, 3.63) is 35.9 Å². The highest BCUT2D eigenvalue weighted by atomic mass is 16.5. The molecule has 1 aromatic carbocycles. The maximum Gasteiger partial charge on any atom is 0.251 e. The van der Waals surface area contributed by atoms with Gasteiger partial charge in [-0.25, -0.2) is 0 Å². The normalized spacial score (nSPS) is 34.0. The predicted molar refractivity (Wildman–Crippen MR) is 89.3 cm³/mol. The van der Waals surface area contributed by atoms with E-state index in [0.717, 1.165) is 19.5 Å². The van der Waals surface area contributed by atoms with Crippen molar-refractivity contribution in [1.82, 2.24) is 10.2 Å². The zero-order chi connectivity index (χ0) is 16.7. The molecule has 2 saturated heterocycles. The van der Waals surface area contributed by atoms with Gasteiger partial charge in [-0.2, -0.15) is 0 Å². The van der Waals surface area contributed by atoms with Gasteiger partial charge in [-0.3, -0.25) is 9.59 Å². The molecule has 2 aliphatic heterocycles. The van der Waals surface area contributed by atoms with Crippen LogP contribution in [0.5, 0.6) is 0 Å². The maximum absolute atomic E-state index is 12.4. The standard InChI is InChI=1S/C19H24N2O3/c1-12-7-15(12)19(23)21-9-16-14(11-24-17(16)10-21)8-20-18(22)13-5-3-2-4-6-13/h2-6,12,14-17H,7-11H2,1H3,(H,20,22)/t12-,14+,15+,16+,17+/m0/s1. The Hall–Kier alpha value is -1.88. The summed E-state index contributed by atoms with van der Waals surface area (Å²) < 4.78 is 5.89. The molecule has 3 fully saturated rings. The molecule has 5 nitrogen and oxygen atoms in total. The lowest BCUT2D eigenvalue weighted by Gasteiger charge is -2.20. The van der Waals surface area contributed by atoms with Gasteiger partial charge in [-0.15, -0.1) is 0 Å². The third-order valence-corrected chi connectivity index (χ3v) is 5.74. The lowest BCUT2D eigenvalue weighted by Crippen LogP contribution is -2.36. The quantitative estimate of drug-likeness (QED) is 0.912. The van der Waals surface area contributed by atoms with E-state index in [2.05, 4.69) is 12.2 Å². The minimum atomic E-state index is -0.0446. The molecule has 1 saturated carbocycles. The molecule has 0 spiro atoms. The third-order valence-electron chi connectivity index (χ3n) is 5.74. The molecule has 3 aliphatic rings. The Labute approximate surface area is 142 Å². The van der Waals surface area contributed by atoms with Gasteiger partial charge in [0.25, 0.3) is 5.91 Å². The van der Waals surface area contributed by atoms with E-state index in [-0.39, 0.29) is 23.8 Å². The SMILES string of the molecule is C[C@H]1C[C@H]1C(=O)N1C[C@@H]2[C@H](CNC(=O)c3ccccc3)CO[C@@H]2C1. The first-order valence-corrected chi connectivity index (χ1v) is 8.87. The fourth-order valence-electron chi connectivity index (χ4n) is 4.01. The summed E-state index contributed by atoms with van der Waals surface area (Å²) in [7, 11) is 0. The van der Waals surface area contributed by atoms with Crippen LogP contribution >= 0.6 is 0 Å². The number of nitrogens with one attached hydrogen (secondary N) is 1. The number of rotatable bonds is 4. The van der Waals surface area contributed by atoms with Gasteiger partial charge < -0.3 is 15.0 Å². The highest BCUT2D eigenvalue weighted by molar-refractivity contribution is 5.94. The molecule has 5 heteroatoms. The third kappa shape index (κ3) is 2.93. The Morgan fingerprint density at radius 1 is 1.25 bits per heavy atom. The number of amides is 2. The molecule has 24 heavy (non-hydrogen) atoms. The highest BCUT2D eigenvalue weighted by Crippen LogP contribution is 2.41. The largest absolute Gasteiger partial charge is 0.376 e. The fraction of sp³-hybridized carbons (Fsp3) is 0.579. The van der Waals surface area contributed by atoms with Crippen molar-refractivity contribution < 1.29 is 14.3 Å². The molecule has 2 amide bonds. The van der Waals surface area contributed by atoms with E-state index >= 15 is 0 Å². The van der Waals surface area contributed by atoms with Crippen LogP contribution in [0.3, 0.4) is 0 Å². The van der Waals surface area contributed by atoms with Crippen LogP contribution in [0.4, 0.5) is 0 Å².